The highest BCUT2D eigenvalue weighted by Crippen LogP contribution is 2.36. The van der Waals surface area contributed by atoms with E-state index in [0.717, 1.165) is 12.8 Å². The molecule has 1 fully saturated rings. The summed E-state index contributed by atoms with van der Waals surface area (Å²) in [6.45, 7) is 1.63. The van der Waals surface area contributed by atoms with Crippen molar-refractivity contribution in [1.82, 2.24) is 19.2 Å². The van der Waals surface area contributed by atoms with Gasteiger partial charge in [-0.2, -0.15) is 4.31 Å². The molecule has 2 aromatic rings. The molecule has 0 bridgehead atoms. The highest BCUT2D eigenvalue weighted by Gasteiger charge is 2.37. The minimum atomic E-state index is -3.64. The number of hydrogen-bond acceptors (Lipinski definition) is 5. The smallest absolute Gasteiger partial charge is 0.271 e. The molecule has 4 rings (SSSR count). The minimum absolute atomic E-state index is 0.133. The number of nitrogens with one attached hydrogen (secondary N) is 1. The van der Waals surface area contributed by atoms with Gasteiger partial charge in [0.1, 0.15) is 11.2 Å². The van der Waals surface area contributed by atoms with E-state index in [2.05, 4.69) is 10.3 Å². The van der Waals surface area contributed by atoms with Crippen molar-refractivity contribution in [3.8, 4) is 5.69 Å². The van der Waals surface area contributed by atoms with E-state index in [4.69, 9.17) is 4.74 Å². The molecule has 1 aromatic carbocycles. The van der Waals surface area contributed by atoms with Crippen molar-refractivity contribution in [2.24, 2.45) is 5.92 Å². The van der Waals surface area contributed by atoms with Gasteiger partial charge in [0.05, 0.1) is 17.9 Å². The predicted octanol–water partition coefficient (Wildman–Crippen LogP) is 1.55. The summed E-state index contributed by atoms with van der Waals surface area (Å²) in [5.41, 5.74) is 1.39. The van der Waals surface area contributed by atoms with Crippen molar-refractivity contribution in [2.45, 2.75) is 30.7 Å². The molecule has 1 saturated carbocycles. The Morgan fingerprint density at radius 1 is 1.32 bits per heavy atom. The lowest BCUT2D eigenvalue weighted by atomic mass is 10.2. The average Bonchev–Trinajstić information content (AvgIpc) is 3.42. The zero-order valence-electron chi connectivity index (χ0n) is 15.8. The highest BCUT2D eigenvalue weighted by atomic mass is 32.2. The third-order valence-corrected chi connectivity index (χ3v) is 6.98. The second-order valence-corrected chi connectivity index (χ2v) is 9.13. The summed E-state index contributed by atoms with van der Waals surface area (Å²) in [4.78, 5) is 17.2. The van der Waals surface area contributed by atoms with E-state index < -0.39 is 10.0 Å². The van der Waals surface area contributed by atoms with Crippen LogP contribution in [0.4, 0.5) is 0 Å². The lowest BCUT2D eigenvalue weighted by molar-refractivity contribution is 0.0942. The molecule has 0 atom stereocenters. The van der Waals surface area contributed by atoms with Gasteiger partial charge < -0.3 is 10.1 Å². The number of carbonyl (C=O) groups is 1. The van der Waals surface area contributed by atoms with E-state index in [1.807, 2.05) is 0 Å². The van der Waals surface area contributed by atoms with E-state index in [9.17, 15) is 13.2 Å². The quantitative estimate of drug-likeness (QED) is 0.707. The normalized spacial score (nSPS) is 18.2. The Hall–Kier alpha value is -2.23. The Balaban J connectivity index is 1.71. The van der Waals surface area contributed by atoms with Crippen LogP contribution < -0.4 is 5.32 Å². The predicted molar refractivity (Wildman–Crippen MR) is 103 cm³/mol. The monoisotopic (exact) mass is 404 g/mol. The fraction of sp³-hybridized carbons (Fsp3) is 0.474. The van der Waals surface area contributed by atoms with Crippen LogP contribution in [-0.2, 0) is 21.3 Å². The summed E-state index contributed by atoms with van der Waals surface area (Å²) in [5, 5.41) is 2.84. The number of fused-ring (bicyclic) bond motifs is 3. The average molecular weight is 404 g/mol. The van der Waals surface area contributed by atoms with Crippen LogP contribution in [0.5, 0.6) is 0 Å². The Kier molecular flexibility index (Phi) is 5.22. The van der Waals surface area contributed by atoms with Crippen molar-refractivity contribution in [3.63, 3.8) is 0 Å². The summed E-state index contributed by atoms with van der Waals surface area (Å²) < 4.78 is 34.7. The molecule has 1 aliphatic heterocycles. The van der Waals surface area contributed by atoms with E-state index in [1.165, 1.54) is 10.6 Å². The largest absolute Gasteiger partial charge is 0.385 e. The lowest BCUT2D eigenvalue weighted by Crippen LogP contribution is -2.33. The first-order valence-corrected chi connectivity index (χ1v) is 10.9. The Labute approximate surface area is 164 Å². The molecule has 1 amide bonds. The zero-order valence-corrected chi connectivity index (χ0v) is 16.6. The highest BCUT2D eigenvalue weighted by molar-refractivity contribution is 7.89. The van der Waals surface area contributed by atoms with E-state index in [1.54, 1.807) is 35.9 Å². The number of hydrogen-bond donors (Lipinski definition) is 1. The molecule has 2 aliphatic rings. The van der Waals surface area contributed by atoms with Gasteiger partial charge in [0.2, 0.25) is 10.0 Å². The van der Waals surface area contributed by atoms with Gasteiger partial charge in [0, 0.05) is 26.8 Å². The summed E-state index contributed by atoms with van der Waals surface area (Å²) in [6, 6.07) is 6.87. The molecule has 0 radical (unpaired) electrons. The Morgan fingerprint density at radius 2 is 2.11 bits per heavy atom. The molecule has 8 nitrogen and oxygen atoms in total. The number of para-hydroxylation sites is 1. The van der Waals surface area contributed by atoms with Gasteiger partial charge >= 0.3 is 0 Å². The number of sulfonamides is 1. The standard InChI is InChI=1S/C19H24N4O4S/c1-27-10-4-9-20-19(24)18-16-12-22(11-14-7-8-14)28(25,26)17-6-3-2-5-15(17)23(16)13-21-18/h2-3,5-6,13-14H,4,7-12H2,1H3,(H,20,24). The van der Waals surface area contributed by atoms with Crippen LogP contribution in [0.2, 0.25) is 0 Å². The number of benzene rings is 1. The molecule has 2 heterocycles. The summed E-state index contributed by atoms with van der Waals surface area (Å²) in [5.74, 6) is 0.0933. The number of ether oxygens (including phenoxy) is 1. The second-order valence-electron chi connectivity index (χ2n) is 7.22. The first kappa shape index (κ1) is 19.1. The molecule has 1 aromatic heterocycles. The topological polar surface area (TPSA) is 93.5 Å². The molecule has 28 heavy (non-hydrogen) atoms. The first-order valence-electron chi connectivity index (χ1n) is 9.45. The summed E-state index contributed by atoms with van der Waals surface area (Å²) in [7, 11) is -2.03. The van der Waals surface area contributed by atoms with Gasteiger partial charge in [0.25, 0.3) is 5.91 Å². The van der Waals surface area contributed by atoms with Gasteiger partial charge in [-0.05, 0) is 37.3 Å². The zero-order chi connectivity index (χ0) is 19.7. The number of amides is 1. The SMILES string of the molecule is COCCCNC(=O)c1ncn2c1CN(CC1CC1)S(=O)(=O)c1ccccc1-2. The van der Waals surface area contributed by atoms with Gasteiger partial charge in [-0.25, -0.2) is 13.4 Å². The number of imidazole rings is 1. The molecule has 1 N–H and O–H groups in total. The van der Waals surface area contributed by atoms with Gasteiger partial charge in [-0.1, -0.05) is 12.1 Å². The van der Waals surface area contributed by atoms with Crippen LogP contribution in [0.3, 0.4) is 0 Å². The van der Waals surface area contributed by atoms with Crippen molar-refractivity contribution in [1.29, 1.82) is 0 Å². The van der Waals surface area contributed by atoms with Crippen molar-refractivity contribution >= 4 is 15.9 Å². The maximum absolute atomic E-state index is 13.3. The minimum Gasteiger partial charge on any atom is -0.385 e. The van der Waals surface area contributed by atoms with Crippen LogP contribution in [0.25, 0.3) is 5.69 Å². The lowest BCUT2D eigenvalue weighted by Gasteiger charge is -2.20. The van der Waals surface area contributed by atoms with E-state index in [-0.39, 0.29) is 23.0 Å². The van der Waals surface area contributed by atoms with E-state index in [0.29, 0.717) is 43.4 Å². The van der Waals surface area contributed by atoms with Crippen LogP contribution in [0.15, 0.2) is 35.5 Å². The molecular weight excluding hydrogens is 380 g/mol. The summed E-state index contributed by atoms with van der Waals surface area (Å²) in [6.07, 6.45) is 4.32. The number of methoxy groups -OCH3 is 1. The third kappa shape index (κ3) is 3.57. The molecular formula is C19H24N4O4S. The fourth-order valence-corrected chi connectivity index (χ4v) is 5.10. The molecule has 1 aliphatic carbocycles. The molecule has 9 heteroatoms. The maximum Gasteiger partial charge on any atom is 0.271 e. The maximum atomic E-state index is 13.3. The third-order valence-electron chi connectivity index (χ3n) is 5.12. The van der Waals surface area contributed by atoms with Crippen molar-refractivity contribution < 1.29 is 17.9 Å². The first-order chi connectivity index (χ1) is 13.5. The van der Waals surface area contributed by atoms with Crippen LogP contribution >= 0.6 is 0 Å². The van der Waals surface area contributed by atoms with Crippen LogP contribution in [0.1, 0.15) is 35.4 Å². The molecule has 0 saturated heterocycles. The van der Waals surface area contributed by atoms with Crippen LogP contribution in [0, 0.1) is 5.92 Å². The Bertz CT molecular complexity index is 982. The summed E-state index contributed by atoms with van der Waals surface area (Å²) >= 11 is 0. The molecule has 150 valence electrons. The molecule has 0 unspecified atom stereocenters. The molecule has 0 spiro atoms. The number of nitrogens with zero attached hydrogens (tertiary/aromatic N) is 3. The van der Waals surface area contributed by atoms with E-state index >= 15 is 0 Å². The van der Waals surface area contributed by atoms with Gasteiger partial charge in [-0.3, -0.25) is 9.36 Å². The van der Waals surface area contributed by atoms with Crippen molar-refractivity contribution in [2.75, 3.05) is 26.8 Å². The van der Waals surface area contributed by atoms with Crippen molar-refractivity contribution in [3.05, 3.63) is 42.0 Å². The van der Waals surface area contributed by atoms with Gasteiger partial charge in [0.15, 0.2) is 5.69 Å². The number of carbonyl (C=O) groups excluding carboxylic acids is 1. The Morgan fingerprint density at radius 3 is 2.86 bits per heavy atom. The van der Waals surface area contributed by atoms with Gasteiger partial charge in [-0.15, -0.1) is 0 Å². The fourth-order valence-electron chi connectivity index (χ4n) is 3.44. The number of aromatic nitrogens is 2. The second kappa shape index (κ2) is 7.65. The number of rotatable bonds is 7. The van der Waals surface area contributed by atoms with Crippen LogP contribution in [-0.4, -0.2) is 55.0 Å².